The van der Waals surface area contributed by atoms with Crippen LogP contribution in [0.25, 0.3) is 5.65 Å². The van der Waals surface area contributed by atoms with Crippen LogP contribution in [0, 0.1) is 0 Å². The van der Waals surface area contributed by atoms with E-state index in [0.29, 0.717) is 6.42 Å². The number of hydrogen-bond acceptors (Lipinski definition) is 4. The van der Waals surface area contributed by atoms with Gasteiger partial charge in [0.15, 0.2) is 5.65 Å². The van der Waals surface area contributed by atoms with Gasteiger partial charge in [-0.3, -0.25) is 0 Å². The third-order valence-electron chi connectivity index (χ3n) is 3.13. The average molecular weight is 234 g/mol. The molecule has 0 saturated carbocycles. The van der Waals surface area contributed by atoms with Crippen molar-refractivity contribution in [3.05, 3.63) is 24.5 Å². The second-order valence-electron chi connectivity index (χ2n) is 4.46. The molecule has 5 nitrogen and oxygen atoms in total. The summed E-state index contributed by atoms with van der Waals surface area (Å²) in [5.41, 5.74) is 0.692. The molecule has 92 valence electrons. The van der Waals surface area contributed by atoms with Gasteiger partial charge >= 0.3 is 0 Å². The lowest BCUT2D eigenvalue weighted by Crippen LogP contribution is -2.35. The quantitative estimate of drug-likeness (QED) is 0.826. The first-order chi connectivity index (χ1) is 8.17. The Morgan fingerprint density at radius 2 is 2.29 bits per heavy atom. The van der Waals surface area contributed by atoms with Crippen molar-refractivity contribution in [2.75, 3.05) is 11.9 Å². The number of aromatic nitrogens is 3. The van der Waals surface area contributed by atoms with E-state index in [4.69, 9.17) is 5.11 Å². The van der Waals surface area contributed by atoms with Crippen molar-refractivity contribution in [2.45, 2.75) is 32.2 Å². The van der Waals surface area contributed by atoms with E-state index in [1.807, 2.05) is 18.3 Å². The molecule has 2 N–H and O–H groups in total. The van der Waals surface area contributed by atoms with Gasteiger partial charge in [0.05, 0.1) is 6.20 Å². The van der Waals surface area contributed by atoms with Gasteiger partial charge in [0.25, 0.3) is 0 Å². The largest absolute Gasteiger partial charge is 0.396 e. The van der Waals surface area contributed by atoms with E-state index in [-0.39, 0.29) is 12.1 Å². The Morgan fingerprint density at radius 1 is 1.47 bits per heavy atom. The lowest BCUT2D eigenvalue weighted by molar-refractivity contribution is 0.252. The van der Waals surface area contributed by atoms with E-state index in [1.54, 1.807) is 10.7 Å². The van der Waals surface area contributed by atoms with Crippen molar-refractivity contribution in [1.82, 2.24) is 14.6 Å². The molecule has 0 bridgehead atoms. The first-order valence-corrected chi connectivity index (χ1v) is 5.86. The summed E-state index contributed by atoms with van der Waals surface area (Å²) >= 11 is 0. The predicted molar refractivity (Wildman–Crippen MR) is 67.0 cm³/mol. The maximum absolute atomic E-state index is 9.08. The first kappa shape index (κ1) is 11.9. The molecule has 0 radical (unpaired) electrons. The minimum absolute atomic E-state index is 0.125. The van der Waals surface area contributed by atoms with Gasteiger partial charge in [-0.05, 0) is 25.8 Å². The summed E-state index contributed by atoms with van der Waals surface area (Å²) < 4.78 is 1.72. The van der Waals surface area contributed by atoms with Gasteiger partial charge < -0.3 is 10.4 Å². The number of aliphatic hydroxyl groups excluding tert-OH is 1. The van der Waals surface area contributed by atoms with Gasteiger partial charge in [-0.1, -0.05) is 6.92 Å². The number of nitrogens with zero attached hydrogens (tertiary/aromatic N) is 3. The molecule has 0 fully saturated rings. The summed E-state index contributed by atoms with van der Waals surface area (Å²) in [6.45, 7) is 4.36. The molecule has 1 atom stereocenters. The van der Waals surface area contributed by atoms with Gasteiger partial charge in [0.1, 0.15) is 5.82 Å². The number of anilines is 1. The summed E-state index contributed by atoms with van der Waals surface area (Å²) in [7, 11) is 0. The van der Waals surface area contributed by atoms with E-state index in [9.17, 15) is 0 Å². The van der Waals surface area contributed by atoms with Crippen LogP contribution >= 0.6 is 0 Å². The summed E-state index contributed by atoms with van der Waals surface area (Å²) in [5.74, 6) is 0.816. The van der Waals surface area contributed by atoms with Crippen LogP contribution in [0.5, 0.6) is 0 Å². The van der Waals surface area contributed by atoms with Crippen LogP contribution in [0.15, 0.2) is 24.5 Å². The van der Waals surface area contributed by atoms with Crippen LogP contribution in [0.1, 0.15) is 26.7 Å². The Morgan fingerprint density at radius 3 is 3.00 bits per heavy atom. The minimum atomic E-state index is -0.125. The SMILES string of the molecule is CCC(C)(CCO)Nc1ccn2nccc2n1. The Kier molecular flexibility index (Phi) is 3.28. The lowest BCUT2D eigenvalue weighted by atomic mass is 9.95. The maximum Gasteiger partial charge on any atom is 0.157 e. The van der Waals surface area contributed by atoms with E-state index in [0.717, 1.165) is 17.9 Å². The van der Waals surface area contributed by atoms with E-state index in [2.05, 4.69) is 29.2 Å². The highest BCUT2D eigenvalue weighted by molar-refractivity contribution is 5.46. The van der Waals surface area contributed by atoms with Crippen molar-refractivity contribution in [2.24, 2.45) is 0 Å². The molecule has 0 aliphatic carbocycles. The lowest BCUT2D eigenvalue weighted by Gasteiger charge is -2.29. The molecular weight excluding hydrogens is 216 g/mol. The fourth-order valence-electron chi connectivity index (χ4n) is 1.77. The zero-order valence-corrected chi connectivity index (χ0v) is 10.2. The summed E-state index contributed by atoms with van der Waals surface area (Å²) in [6.07, 6.45) is 5.23. The van der Waals surface area contributed by atoms with E-state index < -0.39 is 0 Å². The highest BCUT2D eigenvalue weighted by atomic mass is 16.3. The van der Waals surface area contributed by atoms with Gasteiger partial charge in [-0.15, -0.1) is 0 Å². The van der Waals surface area contributed by atoms with Crippen LogP contribution in [-0.4, -0.2) is 31.9 Å². The van der Waals surface area contributed by atoms with Crippen molar-refractivity contribution in [3.8, 4) is 0 Å². The fourth-order valence-corrected chi connectivity index (χ4v) is 1.77. The second kappa shape index (κ2) is 4.71. The molecule has 0 aliphatic rings. The average Bonchev–Trinajstić information content (AvgIpc) is 2.76. The Hall–Kier alpha value is -1.62. The Bertz CT molecular complexity index is 496. The van der Waals surface area contributed by atoms with Crippen molar-refractivity contribution >= 4 is 11.5 Å². The van der Waals surface area contributed by atoms with Crippen LogP contribution < -0.4 is 5.32 Å². The standard InChI is InChI=1S/C12H18N4O/c1-3-12(2,6-9-17)15-10-5-8-16-11(14-10)4-7-13-16/h4-5,7-8,17H,3,6,9H2,1-2H3,(H,14,15). The highest BCUT2D eigenvalue weighted by Crippen LogP contribution is 2.20. The normalized spacial score (nSPS) is 14.8. The molecule has 0 aromatic carbocycles. The molecule has 0 amide bonds. The third-order valence-corrected chi connectivity index (χ3v) is 3.13. The van der Waals surface area contributed by atoms with Crippen molar-refractivity contribution in [3.63, 3.8) is 0 Å². The Balaban J connectivity index is 2.21. The molecule has 17 heavy (non-hydrogen) atoms. The molecule has 0 aliphatic heterocycles. The number of nitrogens with one attached hydrogen (secondary N) is 1. The monoisotopic (exact) mass is 234 g/mol. The first-order valence-electron chi connectivity index (χ1n) is 5.86. The van der Waals surface area contributed by atoms with Crippen molar-refractivity contribution in [1.29, 1.82) is 0 Å². The molecule has 2 aromatic rings. The molecular formula is C12H18N4O. The van der Waals surface area contributed by atoms with Crippen LogP contribution in [-0.2, 0) is 0 Å². The zero-order valence-electron chi connectivity index (χ0n) is 10.2. The van der Waals surface area contributed by atoms with Crippen LogP contribution in [0.3, 0.4) is 0 Å². The molecule has 5 heteroatoms. The molecule has 0 spiro atoms. The van der Waals surface area contributed by atoms with Gasteiger partial charge in [-0.2, -0.15) is 5.10 Å². The summed E-state index contributed by atoms with van der Waals surface area (Å²) in [4.78, 5) is 4.46. The van der Waals surface area contributed by atoms with Crippen LogP contribution in [0.2, 0.25) is 0 Å². The number of hydrogen-bond donors (Lipinski definition) is 2. The summed E-state index contributed by atoms with van der Waals surface area (Å²) in [5, 5.41) is 16.6. The smallest absolute Gasteiger partial charge is 0.157 e. The molecule has 0 saturated heterocycles. The van der Waals surface area contributed by atoms with Gasteiger partial charge in [0.2, 0.25) is 0 Å². The molecule has 2 heterocycles. The Labute approximate surface area is 100 Å². The summed E-state index contributed by atoms with van der Waals surface area (Å²) in [6, 6.07) is 3.76. The zero-order chi connectivity index (χ0) is 12.3. The third kappa shape index (κ3) is 2.55. The number of fused-ring (bicyclic) bond motifs is 1. The second-order valence-corrected chi connectivity index (χ2v) is 4.46. The van der Waals surface area contributed by atoms with Crippen molar-refractivity contribution < 1.29 is 5.11 Å². The van der Waals surface area contributed by atoms with Gasteiger partial charge in [-0.25, -0.2) is 9.50 Å². The number of aliphatic hydroxyl groups is 1. The topological polar surface area (TPSA) is 62.5 Å². The number of rotatable bonds is 5. The highest BCUT2D eigenvalue weighted by Gasteiger charge is 2.21. The molecule has 2 rings (SSSR count). The fraction of sp³-hybridized carbons (Fsp3) is 0.500. The predicted octanol–water partition coefficient (Wildman–Crippen LogP) is 1.69. The van der Waals surface area contributed by atoms with Crippen LogP contribution in [0.4, 0.5) is 5.82 Å². The van der Waals surface area contributed by atoms with E-state index >= 15 is 0 Å². The van der Waals surface area contributed by atoms with Gasteiger partial charge in [0, 0.05) is 24.4 Å². The molecule has 2 aromatic heterocycles. The van der Waals surface area contributed by atoms with E-state index in [1.165, 1.54) is 0 Å². The maximum atomic E-state index is 9.08. The minimum Gasteiger partial charge on any atom is -0.396 e. The molecule has 1 unspecified atom stereocenters.